The molecule has 16 heteroatoms. The first-order valence-corrected chi connectivity index (χ1v) is 24.0. The number of fused-ring (bicyclic) bond motifs is 1. The van der Waals surface area contributed by atoms with E-state index in [9.17, 15) is 9.65 Å². The summed E-state index contributed by atoms with van der Waals surface area (Å²) in [5.41, 5.74) is 5.57. The first kappa shape index (κ1) is 42.9. The Hall–Kier alpha value is -4.79. The van der Waals surface area contributed by atoms with E-state index in [1.165, 1.54) is 21.7 Å². The first-order valence-electron chi connectivity index (χ1n) is 21.2. The number of rotatable bonds is 11. The van der Waals surface area contributed by atoms with Crippen molar-refractivity contribution >= 4 is 41.0 Å². The number of aryl methyl sites for hydroxylation is 1. The normalized spacial score (nSPS) is 24.2. The number of likely N-dealkylation sites (N-methyl/N-ethyl adjacent to an activating group) is 1. The van der Waals surface area contributed by atoms with Crippen molar-refractivity contribution in [2.75, 3.05) is 44.4 Å². The predicted octanol–water partition coefficient (Wildman–Crippen LogP) is 6.80. The van der Waals surface area contributed by atoms with Gasteiger partial charge >= 0.3 is 6.01 Å². The van der Waals surface area contributed by atoms with Crippen molar-refractivity contribution in [2.45, 2.75) is 114 Å². The van der Waals surface area contributed by atoms with Crippen molar-refractivity contribution in [3.63, 3.8) is 0 Å². The number of nitrogen functional groups attached to an aromatic ring is 1. The number of nitrogens with zero attached hydrogens (tertiary/aromatic N) is 8. The van der Waals surface area contributed by atoms with Gasteiger partial charge in [0.25, 0.3) is 14.2 Å². The van der Waals surface area contributed by atoms with Crippen molar-refractivity contribution in [1.82, 2.24) is 30.0 Å². The number of halogens is 1. The lowest BCUT2D eigenvalue weighted by molar-refractivity contribution is -0.0178. The summed E-state index contributed by atoms with van der Waals surface area (Å²) in [6, 6.07) is 23.6. The lowest BCUT2D eigenvalue weighted by atomic mass is 9.80. The number of methoxy groups -OCH3 is 1. The number of likely N-dealkylation sites (tertiary alicyclic amines) is 1. The summed E-state index contributed by atoms with van der Waals surface area (Å²) >= 11 is 1.39. The van der Waals surface area contributed by atoms with Gasteiger partial charge in [-0.05, 0) is 81.3 Å². The molecule has 3 aromatic heterocycles. The number of thiophene rings is 1. The number of alkyl halides is 1. The third-order valence-electron chi connectivity index (χ3n) is 12.8. The van der Waals surface area contributed by atoms with E-state index in [1.807, 2.05) is 18.9 Å². The Balaban J connectivity index is 1.20. The molecule has 2 aromatic carbocycles. The Morgan fingerprint density at radius 1 is 1.00 bits per heavy atom. The van der Waals surface area contributed by atoms with Crippen LogP contribution in [-0.4, -0.2) is 96.0 Å². The van der Waals surface area contributed by atoms with E-state index in [2.05, 4.69) is 104 Å². The topological polar surface area (TPSA) is 162 Å². The molecule has 0 radical (unpaired) electrons. The molecule has 5 heterocycles. The number of benzene rings is 2. The summed E-state index contributed by atoms with van der Waals surface area (Å²) < 4.78 is 41.1. The molecular weight excluding hydrogens is 810 g/mol. The van der Waals surface area contributed by atoms with Crippen LogP contribution in [0, 0.1) is 11.3 Å². The fourth-order valence-corrected chi connectivity index (χ4v) is 15.8. The number of hydrogen-bond acceptors (Lipinski definition) is 14. The molecule has 2 saturated heterocycles. The summed E-state index contributed by atoms with van der Waals surface area (Å²) in [7, 11) is 0.530. The Morgan fingerprint density at radius 2 is 1.70 bits per heavy atom. The molecule has 0 spiro atoms. The third kappa shape index (κ3) is 7.95. The molecule has 1 aliphatic carbocycles. The minimum atomic E-state index is -2.95. The van der Waals surface area contributed by atoms with Crippen LogP contribution in [-0.2, 0) is 21.2 Å². The van der Waals surface area contributed by atoms with E-state index in [4.69, 9.17) is 44.1 Å². The molecule has 5 atom stereocenters. The summed E-state index contributed by atoms with van der Waals surface area (Å²) in [5, 5.41) is 17.2. The van der Waals surface area contributed by atoms with Crippen molar-refractivity contribution in [2.24, 2.45) is 0 Å². The number of nitrogens with two attached hydrogens (primary N) is 1. The van der Waals surface area contributed by atoms with Gasteiger partial charge in [-0.25, -0.2) is 4.39 Å². The molecule has 2 aliphatic heterocycles. The Kier molecular flexibility index (Phi) is 11.8. The molecule has 3 aliphatic rings. The van der Waals surface area contributed by atoms with Crippen LogP contribution in [0.25, 0.3) is 11.6 Å². The fraction of sp³-hybridized carbons (Fsp3) is 0.511. The zero-order valence-corrected chi connectivity index (χ0v) is 38.0. The van der Waals surface area contributed by atoms with Crippen molar-refractivity contribution in [3.8, 4) is 23.7 Å². The molecule has 0 unspecified atom stereocenters. The molecule has 2 N–H and O–H groups in total. The standard InChI is InChI=1S/C45H56FN9O4SSi/c1-29(34-25-30(46)27-54(34)6)57-42-51-38(39-49-40(58-53-39)45(56-7)23-16-21-35-36(45)33(26-47)37(48)60-35)50-41(52-42)55-24-15-14-22-44(5,28-55)59-61(43(2,3)4,31-17-10-8-11-18-31)32-19-12-9-13-20-32/h8-13,17-20,29-30,34H,14-16,21-25,27-28,48H2,1-7H3/t29-,30+,34-,44+,45+/m0/s1. The highest BCUT2D eigenvalue weighted by molar-refractivity contribution is 7.16. The minimum absolute atomic E-state index is 0.0761. The molecule has 5 aromatic rings. The predicted molar refractivity (Wildman–Crippen MR) is 236 cm³/mol. The van der Waals surface area contributed by atoms with Crippen molar-refractivity contribution in [1.29, 1.82) is 5.26 Å². The molecule has 0 amide bonds. The average molecular weight is 866 g/mol. The van der Waals surface area contributed by atoms with Crippen LogP contribution >= 0.6 is 11.3 Å². The van der Waals surface area contributed by atoms with Crippen molar-refractivity contribution < 1.29 is 22.8 Å². The van der Waals surface area contributed by atoms with Gasteiger partial charge in [0.05, 0.1) is 11.2 Å². The minimum Gasteiger partial charge on any atom is -0.459 e. The maximum Gasteiger partial charge on any atom is 0.322 e. The van der Waals surface area contributed by atoms with E-state index < -0.39 is 31.8 Å². The largest absolute Gasteiger partial charge is 0.459 e. The van der Waals surface area contributed by atoms with Crippen LogP contribution in [0.5, 0.6) is 6.01 Å². The van der Waals surface area contributed by atoms with Gasteiger partial charge in [0.1, 0.15) is 23.3 Å². The Labute approximate surface area is 362 Å². The summed E-state index contributed by atoms with van der Waals surface area (Å²) in [4.78, 5) is 24.7. The van der Waals surface area contributed by atoms with Crippen LogP contribution in [0.15, 0.2) is 65.2 Å². The van der Waals surface area contributed by atoms with E-state index in [0.29, 0.717) is 54.6 Å². The van der Waals surface area contributed by atoms with E-state index in [1.54, 1.807) is 7.11 Å². The van der Waals surface area contributed by atoms with Gasteiger partial charge in [-0.2, -0.15) is 25.2 Å². The fourth-order valence-electron chi connectivity index (χ4n) is 9.85. The van der Waals surface area contributed by atoms with Crippen LogP contribution < -0.4 is 25.7 Å². The van der Waals surface area contributed by atoms with Gasteiger partial charge in [0, 0.05) is 43.2 Å². The summed E-state index contributed by atoms with van der Waals surface area (Å²) in [6.07, 6.45) is 3.67. The van der Waals surface area contributed by atoms with Crippen LogP contribution in [0.4, 0.5) is 15.3 Å². The molecule has 2 fully saturated rings. The van der Waals surface area contributed by atoms with Gasteiger partial charge in [0.2, 0.25) is 17.6 Å². The maximum atomic E-state index is 14.6. The number of ether oxygens (including phenoxy) is 2. The molecule has 322 valence electrons. The van der Waals surface area contributed by atoms with Gasteiger partial charge in [-0.15, -0.1) is 11.3 Å². The number of aromatic nitrogens is 5. The van der Waals surface area contributed by atoms with Gasteiger partial charge in [-0.3, -0.25) is 4.90 Å². The molecule has 0 saturated carbocycles. The number of hydrogen-bond donors (Lipinski definition) is 1. The summed E-state index contributed by atoms with van der Waals surface area (Å²) in [6.45, 7) is 12.5. The molecule has 8 rings (SSSR count). The zero-order chi connectivity index (χ0) is 43.2. The Bertz CT molecular complexity index is 2330. The Morgan fingerprint density at radius 3 is 2.33 bits per heavy atom. The molecule has 13 nitrogen and oxygen atoms in total. The number of anilines is 2. The van der Waals surface area contributed by atoms with Gasteiger partial charge in [-0.1, -0.05) is 86.6 Å². The lowest BCUT2D eigenvalue weighted by Crippen LogP contribution is -2.70. The van der Waals surface area contributed by atoms with Crippen molar-refractivity contribution in [3.05, 3.63) is 82.6 Å². The zero-order valence-electron chi connectivity index (χ0n) is 36.2. The summed E-state index contributed by atoms with van der Waals surface area (Å²) in [5.74, 6) is 0.835. The smallest absolute Gasteiger partial charge is 0.322 e. The van der Waals surface area contributed by atoms with Gasteiger partial charge in [0.15, 0.2) is 5.60 Å². The average Bonchev–Trinajstić information content (AvgIpc) is 3.93. The van der Waals surface area contributed by atoms with Crippen LogP contribution in [0.2, 0.25) is 5.04 Å². The monoisotopic (exact) mass is 865 g/mol. The number of nitriles is 1. The maximum absolute atomic E-state index is 14.6. The quantitative estimate of drug-likeness (QED) is 0.138. The van der Waals surface area contributed by atoms with Crippen LogP contribution in [0.3, 0.4) is 0 Å². The molecule has 0 bridgehead atoms. The highest BCUT2D eigenvalue weighted by atomic mass is 32.1. The highest BCUT2D eigenvalue weighted by Gasteiger charge is 2.54. The van der Waals surface area contributed by atoms with E-state index in [0.717, 1.165) is 37.0 Å². The second kappa shape index (κ2) is 16.8. The van der Waals surface area contributed by atoms with E-state index in [-0.39, 0.29) is 34.6 Å². The molecular formula is C45H56FN9O4SSi. The van der Waals surface area contributed by atoms with Crippen LogP contribution in [0.1, 0.15) is 95.0 Å². The third-order valence-corrected chi connectivity index (χ3v) is 19.1. The van der Waals surface area contributed by atoms with E-state index >= 15 is 0 Å². The lowest BCUT2D eigenvalue weighted by Gasteiger charge is -2.49. The second-order valence-electron chi connectivity index (χ2n) is 18.1. The SMILES string of the molecule is CO[C@]1(c2nc(-c3nc(O[C@@H](C)[C@@H]4C[C@@H](F)CN4C)nc(N4CCCC[C@@](C)(O[Si](c5ccccc5)(c5ccccc5)C(C)(C)C)C4)n3)no2)CCCc2sc(N)c(C#N)c21. The second-order valence-corrected chi connectivity index (χ2v) is 23.4. The highest BCUT2D eigenvalue weighted by Crippen LogP contribution is 2.49. The molecule has 61 heavy (non-hydrogen) atoms. The first-order chi connectivity index (χ1) is 29.2. The van der Waals surface area contributed by atoms with Gasteiger partial charge < -0.3 is 29.1 Å².